The summed E-state index contributed by atoms with van der Waals surface area (Å²) in [4.78, 5) is 33.0. The molecule has 0 spiro atoms. The quantitative estimate of drug-likeness (QED) is 0.342. The predicted octanol–water partition coefficient (Wildman–Crippen LogP) is 3.34. The molecule has 2 aromatic carbocycles. The van der Waals surface area contributed by atoms with Crippen LogP contribution in [0.25, 0.3) is 11.4 Å². The summed E-state index contributed by atoms with van der Waals surface area (Å²) in [5.74, 6) is 0.168. The van der Waals surface area contributed by atoms with Gasteiger partial charge in [0.1, 0.15) is 0 Å². The minimum atomic E-state index is -0.499. The van der Waals surface area contributed by atoms with Crippen molar-refractivity contribution in [3.63, 3.8) is 0 Å². The third-order valence-corrected chi connectivity index (χ3v) is 5.20. The van der Waals surface area contributed by atoms with Crippen LogP contribution < -0.4 is 5.32 Å². The Kier molecular flexibility index (Phi) is 6.06. The fourth-order valence-electron chi connectivity index (χ4n) is 2.67. The van der Waals surface area contributed by atoms with Crippen LogP contribution in [0.4, 0.5) is 17.1 Å². The van der Waals surface area contributed by atoms with Gasteiger partial charge in [-0.1, -0.05) is 23.9 Å². The van der Waals surface area contributed by atoms with Crippen LogP contribution in [0.5, 0.6) is 0 Å². The molecule has 0 saturated carbocycles. The molecule has 1 N–H and O–H groups in total. The summed E-state index contributed by atoms with van der Waals surface area (Å²) in [6, 6.07) is 10.2. The van der Waals surface area contributed by atoms with Crippen LogP contribution in [-0.4, -0.2) is 36.3 Å². The Hall–Kier alpha value is -3.80. The SMILES string of the molecule is Cc1cc([N+](=O)[O-])ccc1NC(=O)CSc1nnc(-c2cccc([N+](=O)[O-])c2)n1C. The van der Waals surface area contributed by atoms with E-state index in [2.05, 4.69) is 15.5 Å². The molecule has 11 nitrogen and oxygen atoms in total. The molecule has 1 heterocycles. The van der Waals surface area contributed by atoms with Crippen molar-refractivity contribution >= 4 is 34.7 Å². The van der Waals surface area contributed by atoms with E-state index in [1.165, 1.54) is 30.3 Å². The van der Waals surface area contributed by atoms with E-state index in [1.807, 2.05) is 0 Å². The molecule has 1 aromatic heterocycles. The molecule has 12 heteroatoms. The number of thioether (sulfide) groups is 1. The second kappa shape index (κ2) is 8.69. The Labute approximate surface area is 174 Å². The van der Waals surface area contributed by atoms with E-state index in [4.69, 9.17) is 0 Å². The first kappa shape index (κ1) is 20.9. The van der Waals surface area contributed by atoms with Crippen LogP contribution in [0, 0.1) is 27.2 Å². The van der Waals surface area contributed by atoms with E-state index in [9.17, 15) is 25.0 Å². The summed E-state index contributed by atoms with van der Waals surface area (Å²) in [5, 5.41) is 33.0. The summed E-state index contributed by atoms with van der Waals surface area (Å²) in [6.45, 7) is 1.67. The van der Waals surface area contributed by atoms with Gasteiger partial charge in [-0.3, -0.25) is 25.0 Å². The van der Waals surface area contributed by atoms with E-state index in [1.54, 1.807) is 30.7 Å². The number of nitro benzene ring substituents is 2. The highest BCUT2D eigenvalue weighted by molar-refractivity contribution is 7.99. The number of nitrogens with zero attached hydrogens (tertiary/aromatic N) is 5. The van der Waals surface area contributed by atoms with Crippen molar-refractivity contribution in [3.8, 4) is 11.4 Å². The number of rotatable bonds is 7. The zero-order chi connectivity index (χ0) is 21.8. The second-order valence-corrected chi connectivity index (χ2v) is 7.21. The number of amides is 1. The number of aryl methyl sites for hydroxylation is 1. The molecule has 30 heavy (non-hydrogen) atoms. The van der Waals surface area contributed by atoms with Crippen molar-refractivity contribution in [2.75, 3.05) is 11.1 Å². The Morgan fingerprint density at radius 2 is 1.80 bits per heavy atom. The minimum absolute atomic E-state index is 0.0390. The number of nitrogens with one attached hydrogen (secondary N) is 1. The van der Waals surface area contributed by atoms with Crippen LogP contribution in [0.1, 0.15) is 5.56 Å². The van der Waals surface area contributed by atoms with E-state index < -0.39 is 9.85 Å². The van der Waals surface area contributed by atoms with Gasteiger partial charge in [-0.25, -0.2) is 0 Å². The normalized spacial score (nSPS) is 10.6. The first-order valence-corrected chi connectivity index (χ1v) is 9.56. The van der Waals surface area contributed by atoms with Gasteiger partial charge in [0, 0.05) is 42.6 Å². The first-order valence-electron chi connectivity index (χ1n) is 8.58. The van der Waals surface area contributed by atoms with Gasteiger partial charge in [-0.15, -0.1) is 10.2 Å². The van der Waals surface area contributed by atoms with Crippen molar-refractivity contribution in [2.45, 2.75) is 12.1 Å². The molecule has 0 aliphatic rings. The summed E-state index contributed by atoms with van der Waals surface area (Å²) in [6.07, 6.45) is 0. The van der Waals surface area contributed by atoms with E-state index in [0.717, 1.165) is 11.8 Å². The van der Waals surface area contributed by atoms with Gasteiger partial charge in [0.25, 0.3) is 11.4 Å². The molecule has 1 amide bonds. The monoisotopic (exact) mass is 428 g/mol. The third-order valence-electron chi connectivity index (χ3n) is 4.18. The van der Waals surface area contributed by atoms with Crippen molar-refractivity contribution in [3.05, 3.63) is 68.3 Å². The number of nitro groups is 2. The van der Waals surface area contributed by atoms with Crippen LogP contribution in [-0.2, 0) is 11.8 Å². The highest BCUT2D eigenvalue weighted by Crippen LogP contribution is 2.26. The summed E-state index contributed by atoms with van der Waals surface area (Å²) < 4.78 is 1.65. The van der Waals surface area contributed by atoms with Gasteiger partial charge in [0.05, 0.1) is 15.6 Å². The van der Waals surface area contributed by atoms with Crippen molar-refractivity contribution in [1.29, 1.82) is 0 Å². The Balaban J connectivity index is 1.67. The largest absolute Gasteiger partial charge is 0.325 e. The molecule has 3 aromatic rings. The topological polar surface area (TPSA) is 146 Å². The maximum absolute atomic E-state index is 12.3. The predicted molar refractivity (Wildman–Crippen MR) is 110 cm³/mol. The zero-order valence-electron chi connectivity index (χ0n) is 15.9. The van der Waals surface area contributed by atoms with Crippen LogP contribution in [0.2, 0.25) is 0 Å². The minimum Gasteiger partial charge on any atom is -0.325 e. The highest BCUT2D eigenvalue weighted by atomic mass is 32.2. The van der Waals surface area contributed by atoms with Gasteiger partial charge in [0.15, 0.2) is 11.0 Å². The molecular weight excluding hydrogens is 412 g/mol. The number of carbonyl (C=O) groups is 1. The maximum Gasteiger partial charge on any atom is 0.270 e. The number of carbonyl (C=O) groups excluding carboxylic acids is 1. The van der Waals surface area contributed by atoms with Gasteiger partial charge < -0.3 is 9.88 Å². The van der Waals surface area contributed by atoms with Gasteiger partial charge in [0.2, 0.25) is 5.91 Å². The number of aromatic nitrogens is 3. The molecule has 0 atom stereocenters. The van der Waals surface area contributed by atoms with Crippen molar-refractivity contribution < 1.29 is 14.6 Å². The average Bonchev–Trinajstić information content (AvgIpc) is 3.08. The lowest BCUT2D eigenvalue weighted by molar-refractivity contribution is -0.385. The number of non-ortho nitro benzene ring substituents is 2. The molecule has 0 radical (unpaired) electrons. The summed E-state index contributed by atoms with van der Waals surface area (Å²) >= 11 is 1.15. The van der Waals surface area contributed by atoms with Crippen LogP contribution >= 0.6 is 11.8 Å². The number of benzene rings is 2. The van der Waals surface area contributed by atoms with Crippen LogP contribution in [0.15, 0.2) is 47.6 Å². The summed E-state index contributed by atoms with van der Waals surface area (Å²) in [7, 11) is 1.70. The van der Waals surface area contributed by atoms with Gasteiger partial charge in [-0.2, -0.15) is 0 Å². The Morgan fingerprint density at radius 3 is 2.47 bits per heavy atom. The lowest BCUT2D eigenvalue weighted by atomic mass is 10.2. The fourth-order valence-corrected chi connectivity index (χ4v) is 3.38. The standard InChI is InChI=1S/C18H16N6O5S/c1-11-8-14(24(28)29)6-7-15(11)19-16(25)10-30-18-21-20-17(22(18)2)12-4-3-5-13(9-12)23(26)27/h3-9H,10H2,1-2H3,(H,19,25). The third kappa shape index (κ3) is 4.60. The van der Waals surface area contributed by atoms with Gasteiger partial charge >= 0.3 is 0 Å². The second-order valence-electron chi connectivity index (χ2n) is 6.27. The molecule has 154 valence electrons. The molecule has 0 aliphatic heterocycles. The number of hydrogen-bond donors (Lipinski definition) is 1. The molecule has 0 bridgehead atoms. The fraction of sp³-hybridized carbons (Fsp3) is 0.167. The lowest BCUT2D eigenvalue weighted by Crippen LogP contribution is -2.15. The summed E-state index contributed by atoms with van der Waals surface area (Å²) in [5.41, 5.74) is 1.50. The number of hydrogen-bond acceptors (Lipinski definition) is 8. The molecular formula is C18H16N6O5S. The van der Waals surface area contributed by atoms with Crippen molar-refractivity contribution in [2.24, 2.45) is 7.05 Å². The Bertz CT molecular complexity index is 1150. The van der Waals surface area contributed by atoms with Crippen molar-refractivity contribution in [1.82, 2.24) is 14.8 Å². The molecule has 0 unspecified atom stereocenters. The molecule has 0 aliphatic carbocycles. The molecule has 0 saturated heterocycles. The zero-order valence-corrected chi connectivity index (χ0v) is 16.8. The smallest absolute Gasteiger partial charge is 0.270 e. The lowest BCUT2D eigenvalue weighted by Gasteiger charge is -2.08. The van der Waals surface area contributed by atoms with E-state index in [0.29, 0.717) is 27.8 Å². The van der Waals surface area contributed by atoms with Crippen LogP contribution in [0.3, 0.4) is 0 Å². The van der Waals surface area contributed by atoms with E-state index >= 15 is 0 Å². The average molecular weight is 428 g/mol. The maximum atomic E-state index is 12.3. The first-order chi connectivity index (χ1) is 14.3. The van der Waals surface area contributed by atoms with E-state index in [-0.39, 0.29) is 23.0 Å². The Morgan fingerprint density at radius 1 is 1.10 bits per heavy atom. The number of anilines is 1. The highest BCUT2D eigenvalue weighted by Gasteiger charge is 2.16. The molecule has 3 rings (SSSR count). The molecule has 0 fully saturated rings. The van der Waals surface area contributed by atoms with Gasteiger partial charge in [-0.05, 0) is 18.6 Å².